The van der Waals surface area contributed by atoms with Gasteiger partial charge in [-0.2, -0.15) is 0 Å². The van der Waals surface area contributed by atoms with Gasteiger partial charge >= 0.3 is 0 Å². The van der Waals surface area contributed by atoms with Crippen molar-refractivity contribution in [3.05, 3.63) is 23.8 Å². The van der Waals surface area contributed by atoms with Crippen LogP contribution in [0.1, 0.15) is 19.4 Å². The molecule has 1 aliphatic rings. The van der Waals surface area contributed by atoms with E-state index in [1.807, 2.05) is 13.8 Å². The minimum absolute atomic E-state index is 0.839. The summed E-state index contributed by atoms with van der Waals surface area (Å²) in [6.07, 6.45) is 1.05. The maximum Gasteiger partial charge on any atom is 0.122 e. The Balaban J connectivity index is 0.000000461. The molecule has 0 aromatic heterocycles. The Morgan fingerprint density at radius 1 is 1.21 bits per heavy atom. The minimum Gasteiger partial charge on any atom is -0.493 e. The lowest BCUT2D eigenvalue weighted by molar-refractivity contribution is 0.357. The van der Waals surface area contributed by atoms with Gasteiger partial charge in [0.25, 0.3) is 0 Å². The van der Waals surface area contributed by atoms with Gasteiger partial charge in [0.1, 0.15) is 5.75 Å². The summed E-state index contributed by atoms with van der Waals surface area (Å²) in [6, 6.07) is 6.34. The van der Waals surface area contributed by atoms with Crippen molar-refractivity contribution < 1.29 is 4.74 Å². The molecular weight excluding hydrogens is 174 g/mol. The van der Waals surface area contributed by atoms with Crippen LogP contribution in [0.4, 0.5) is 5.69 Å². The van der Waals surface area contributed by atoms with Crippen LogP contribution in [0.2, 0.25) is 0 Å². The second-order valence-corrected chi connectivity index (χ2v) is 3.28. The lowest BCUT2D eigenvalue weighted by Crippen LogP contribution is -2.08. The molecule has 1 aromatic rings. The lowest BCUT2D eigenvalue weighted by atomic mass is 10.1. The van der Waals surface area contributed by atoms with Crippen LogP contribution in [0, 0.1) is 0 Å². The first-order valence-electron chi connectivity index (χ1n) is 5.20. The van der Waals surface area contributed by atoms with Gasteiger partial charge in [-0.05, 0) is 23.8 Å². The maximum atomic E-state index is 5.41. The van der Waals surface area contributed by atoms with Crippen LogP contribution >= 0.6 is 0 Å². The Kier molecular flexibility index (Phi) is 3.81. The van der Waals surface area contributed by atoms with Gasteiger partial charge in [-0.25, -0.2) is 0 Å². The Hall–Kier alpha value is -1.18. The number of benzene rings is 1. The topological polar surface area (TPSA) is 12.5 Å². The molecule has 0 saturated heterocycles. The minimum atomic E-state index is 0.839. The van der Waals surface area contributed by atoms with E-state index >= 15 is 0 Å². The molecule has 0 bridgehead atoms. The predicted octanol–water partition coefficient (Wildman–Crippen LogP) is 2.71. The largest absolute Gasteiger partial charge is 0.493 e. The number of rotatable bonds is 1. The molecule has 1 heterocycles. The van der Waals surface area contributed by atoms with Gasteiger partial charge < -0.3 is 9.64 Å². The first kappa shape index (κ1) is 10.9. The number of fused-ring (bicyclic) bond motifs is 1. The Morgan fingerprint density at radius 3 is 2.57 bits per heavy atom. The first-order valence-corrected chi connectivity index (χ1v) is 5.20. The highest BCUT2D eigenvalue weighted by atomic mass is 16.5. The summed E-state index contributed by atoms with van der Waals surface area (Å²) in [5.74, 6) is 1.06. The molecule has 0 amide bonds. The van der Waals surface area contributed by atoms with Crippen LogP contribution in [0.15, 0.2) is 18.2 Å². The molecular formula is C12H19NO. The van der Waals surface area contributed by atoms with Crippen molar-refractivity contribution in [1.82, 2.24) is 0 Å². The van der Waals surface area contributed by atoms with E-state index in [0.29, 0.717) is 0 Å². The molecule has 0 fully saturated rings. The molecule has 0 aliphatic carbocycles. The summed E-state index contributed by atoms with van der Waals surface area (Å²) in [5, 5.41) is 0. The maximum absolute atomic E-state index is 5.41. The number of hydrogen-bond donors (Lipinski definition) is 0. The number of nitrogens with zero attached hydrogens (tertiary/aromatic N) is 1. The summed E-state index contributed by atoms with van der Waals surface area (Å²) in [7, 11) is 4.11. The van der Waals surface area contributed by atoms with Gasteiger partial charge in [0.15, 0.2) is 0 Å². The molecule has 0 spiro atoms. The highest BCUT2D eigenvalue weighted by Gasteiger charge is 2.11. The standard InChI is InChI=1S/C10H13NO.C2H6/c1-11(2)9-3-4-10-8(7-9)5-6-12-10;1-2/h3-4,7H,5-6H2,1-2H3;1-2H3. The van der Waals surface area contributed by atoms with Crippen LogP contribution in [-0.2, 0) is 6.42 Å². The van der Waals surface area contributed by atoms with Gasteiger partial charge in [0.2, 0.25) is 0 Å². The summed E-state index contributed by atoms with van der Waals surface area (Å²) >= 11 is 0. The fourth-order valence-electron chi connectivity index (χ4n) is 1.45. The van der Waals surface area contributed by atoms with E-state index in [4.69, 9.17) is 4.74 Å². The molecule has 2 rings (SSSR count). The van der Waals surface area contributed by atoms with Crippen LogP contribution in [-0.4, -0.2) is 20.7 Å². The molecule has 0 N–H and O–H groups in total. The van der Waals surface area contributed by atoms with E-state index in [-0.39, 0.29) is 0 Å². The normalized spacial score (nSPS) is 12.3. The summed E-state index contributed by atoms with van der Waals surface area (Å²) in [5.41, 5.74) is 2.58. The van der Waals surface area contributed by atoms with Crippen LogP contribution in [0.25, 0.3) is 0 Å². The third-order valence-electron chi connectivity index (χ3n) is 2.19. The van der Waals surface area contributed by atoms with E-state index in [9.17, 15) is 0 Å². The zero-order valence-corrected chi connectivity index (χ0v) is 9.50. The molecule has 78 valence electrons. The van der Waals surface area contributed by atoms with E-state index in [1.54, 1.807) is 0 Å². The van der Waals surface area contributed by atoms with E-state index in [1.165, 1.54) is 11.3 Å². The van der Waals surface area contributed by atoms with Crippen LogP contribution in [0.5, 0.6) is 5.75 Å². The molecule has 1 aliphatic heterocycles. The summed E-state index contributed by atoms with van der Waals surface area (Å²) in [4.78, 5) is 2.11. The third-order valence-corrected chi connectivity index (χ3v) is 2.19. The van der Waals surface area contributed by atoms with Gasteiger partial charge in [-0.1, -0.05) is 13.8 Å². The average molecular weight is 193 g/mol. The SMILES string of the molecule is CC.CN(C)c1ccc2c(c1)CCO2. The quantitative estimate of drug-likeness (QED) is 0.680. The second kappa shape index (κ2) is 4.89. The highest BCUT2D eigenvalue weighted by molar-refractivity contribution is 5.53. The monoisotopic (exact) mass is 193 g/mol. The van der Waals surface area contributed by atoms with Crippen LogP contribution in [0.3, 0.4) is 0 Å². The average Bonchev–Trinajstić information content (AvgIpc) is 2.67. The second-order valence-electron chi connectivity index (χ2n) is 3.28. The Morgan fingerprint density at radius 2 is 1.93 bits per heavy atom. The van der Waals surface area contributed by atoms with Gasteiger partial charge in [-0.3, -0.25) is 0 Å². The van der Waals surface area contributed by atoms with Crippen molar-refractivity contribution in [3.63, 3.8) is 0 Å². The molecule has 0 atom stereocenters. The third kappa shape index (κ3) is 2.19. The molecule has 2 nitrogen and oxygen atoms in total. The van der Waals surface area contributed by atoms with Crippen molar-refractivity contribution >= 4 is 5.69 Å². The smallest absolute Gasteiger partial charge is 0.122 e. The van der Waals surface area contributed by atoms with E-state index in [0.717, 1.165) is 18.8 Å². The summed E-state index contributed by atoms with van der Waals surface area (Å²) < 4.78 is 5.41. The van der Waals surface area contributed by atoms with E-state index < -0.39 is 0 Å². The van der Waals surface area contributed by atoms with Crippen LogP contribution < -0.4 is 9.64 Å². The first-order chi connectivity index (χ1) is 6.77. The predicted molar refractivity (Wildman–Crippen MR) is 61.3 cm³/mol. The van der Waals surface area contributed by atoms with Crippen molar-refractivity contribution in [1.29, 1.82) is 0 Å². The molecule has 0 saturated carbocycles. The Bertz CT molecular complexity index is 294. The molecule has 0 unspecified atom stereocenters. The highest BCUT2D eigenvalue weighted by Crippen LogP contribution is 2.28. The fourth-order valence-corrected chi connectivity index (χ4v) is 1.45. The molecule has 14 heavy (non-hydrogen) atoms. The van der Waals surface area contributed by atoms with Crippen molar-refractivity contribution in [2.24, 2.45) is 0 Å². The van der Waals surface area contributed by atoms with Gasteiger partial charge in [-0.15, -0.1) is 0 Å². The van der Waals surface area contributed by atoms with Gasteiger partial charge in [0.05, 0.1) is 6.61 Å². The summed E-state index contributed by atoms with van der Waals surface area (Å²) in [6.45, 7) is 4.84. The van der Waals surface area contributed by atoms with Gasteiger partial charge in [0, 0.05) is 26.2 Å². The fraction of sp³-hybridized carbons (Fsp3) is 0.500. The number of hydrogen-bond acceptors (Lipinski definition) is 2. The number of anilines is 1. The van der Waals surface area contributed by atoms with Crippen molar-refractivity contribution in [3.8, 4) is 5.75 Å². The van der Waals surface area contributed by atoms with E-state index in [2.05, 4.69) is 37.2 Å². The number of ether oxygens (including phenoxy) is 1. The van der Waals surface area contributed by atoms with Crippen molar-refractivity contribution in [2.45, 2.75) is 20.3 Å². The molecule has 2 heteroatoms. The molecule has 0 radical (unpaired) electrons. The molecule has 1 aromatic carbocycles. The zero-order valence-electron chi connectivity index (χ0n) is 9.50. The Labute approximate surface area is 86.5 Å². The van der Waals surface area contributed by atoms with Crippen molar-refractivity contribution in [2.75, 3.05) is 25.6 Å². The zero-order chi connectivity index (χ0) is 10.6. The lowest BCUT2D eigenvalue weighted by Gasteiger charge is -2.12.